The van der Waals surface area contributed by atoms with Crippen LogP contribution in [0.3, 0.4) is 0 Å². The Hall–Kier alpha value is -1.98. The van der Waals surface area contributed by atoms with Gasteiger partial charge >= 0.3 is 0 Å². The van der Waals surface area contributed by atoms with Crippen LogP contribution in [-0.4, -0.2) is 46.1 Å². The normalized spacial score (nSPS) is 11.5. The molecule has 128 valence electrons. The molecule has 0 fully saturated rings. The van der Waals surface area contributed by atoms with Gasteiger partial charge in [-0.05, 0) is 44.4 Å². The van der Waals surface area contributed by atoms with Crippen molar-refractivity contribution in [3.63, 3.8) is 0 Å². The fourth-order valence-electron chi connectivity index (χ4n) is 1.56. The van der Waals surface area contributed by atoms with Crippen molar-refractivity contribution in [2.75, 3.05) is 18.9 Å². The number of thioether (sulfide) groups is 1. The van der Waals surface area contributed by atoms with Crippen molar-refractivity contribution in [2.24, 2.45) is 10.7 Å². The van der Waals surface area contributed by atoms with Crippen LogP contribution in [0.2, 0.25) is 0 Å². The zero-order valence-electron chi connectivity index (χ0n) is 12.2. The number of nitrogens with two attached hydrogens (primary N) is 1. The number of carbonyl (C=O) groups is 1. The molecule has 0 aliphatic heterocycles. The van der Waals surface area contributed by atoms with Crippen LogP contribution in [-0.2, 0) is 4.79 Å². The summed E-state index contributed by atoms with van der Waals surface area (Å²) in [4.78, 5) is 15.6. The molecule has 0 aliphatic rings. The first-order valence-corrected chi connectivity index (χ1v) is 8.41. The van der Waals surface area contributed by atoms with Gasteiger partial charge in [0, 0.05) is 6.54 Å². The molecule has 11 heteroatoms. The molecule has 0 atom stereocenters. The van der Waals surface area contributed by atoms with E-state index in [1.165, 1.54) is 18.2 Å². The second-order valence-electron chi connectivity index (χ2n) is 4.38. The van der Waals surface area contributed by atoms with Gasteiger partial charge in [-0.3, -0.25) is 4.79 Å². The molecule has 1 aromatic carbocycles. The maximum atomic E-state index is 13.2. The molecule has 0 saturated carbocycles. The third kappa shape index (κ3) is 5.01. The number of rotatable bonds is 7. The summed E-state index contributed by atoms with van der Waals surface area (Å²) in [7, 11) is 0. The van der Waals surface area contributed by atoms with Gasteiger partial charge in [0.25, 0.3) is 0 Å². The fraction of sp³-hybridized carbons (Fsp3) is 0.231. The summed E-state index contributed by atoms with van der Waals surface area (Å²) in [5.74, 6) is -0.619. The van der Waals surface area contributed by atoms with Crippen molar-refractivity contribution in [3.8, 4) is 0 Å². The lowest BCUT2D eigenvalue weighted by molar-refractivity contribution is -0.118. The smallest absolute Gasteiger partial charge is 0.230 e. The molecular weight excluding hydrogens is 405 g/mol. The van der Waals surface area contributed by atoms with E-state index in [-0.39, 0.29) is 40.8 Å². The number of hydrogen-bond acceptors (Lipinski definition) is 7. The lowest BCUT2D eigenvalue weighted by Gasteiger charge is -2.02. The monoisotopic (exact) mass is 417 g/mol. The van der Waals surface area contributed by atoms with E-state index >= 15 is 0 Å². The summed E-state index contributed by atoms with van der Waals surface area (Å²) in [6.45, 7) is 0.0341. The minimum atomic E-state index is -0.416. The second-order valence-corrected chi connectivity index (χ2v) is 6.19. The average Bonchev–Trinajstić information content (AvgIpc) is 3.03. The SMILES string of the molecule is NC(=Nc1ccc(F)c(Br)c1)c1nonc1SCC(=O)NCCO. The van der Waals surface area contributed by atoms with Gasteiger partial charge in [-0.2, -0.15) is 0 Å². The summed E-state index contributed by atoms with van der Waals surface area (Å²) >= 11 is 4.13. The number of hydrogen-bond donors (Lipinski definition) is 3. The Labute approximate surface area is 148 Å². The van der Waals surface area contributed by atoms with Gasteiger partial charge in [-0.15, -0.1) is 0 Å². The van der Waals surface area contributed by atoms with Gasteiger partial charge < -0.3 is 16.2 Å². The number of aliphatic hydroxyl groups excluding tert-OH is 1. The number of aromatic nitrogens is 2. The highest BCUT2D eigenvalue weighted by Gasteiger charge is 2.16. The van der Waals surface area contributed by atoms with Gasteiger partial charge in [-0.1, -0.05) is 11.8 Å². The zero-order valence-corrected chi connectivity index (χ0v) is 14.6. The number of benzene rings is 1. The molecule has 4 N–H and O–H groups in total. The summed E-state index contributed by atoms with van der Waals surface area (Å²) in [6.07, 6.45) is 0. The highest BCUT2D eigenvalue weighted by molar-refractivity contribution is 9.10. The lowest BCUT2D eigenvalue weighted by Crippen LogP contribution is -2.28. The van der Waals surface area contributed by atoms with E-state index in [4.69, 9.17) is 10.8 Å². The quantitative estimate of drug-likeness (QED) is 0.351. The minimum Gasteiger partial charge on any atom is -0.395 e. The number of aliphatic hydroxyl groups is 1. The summed E-state index contributed by atoms with van der Waals surface area (Å²) in [5, 5.41) is 18.8. The van der Waals surface area contributed by atoms with Crippen molar-refractivity contribution in [3.05, 3.63) is 34.2 Å². The molecule has 8 nitrogen and oxygen atoms in total. The molecule has 0 bridgehead atoms. The van der Waals surface area contributed by atoms with E-state index in [2.05, 4.69) is 41.2 Å². The van der Waals surface area contributed by atoms with Crippen LogP contribution in [0, 0.1) is 5.82 Å². The van der Waals surface area contributed by atoms with Crippen molar-refractivity contribution < 1.29 is 18.9 Å². The molecule has 0 spiro atoms. The Morgan fingerprint density at radius 1 is 1.50 bits per heavy atom. The number of nitrogens with zero attached hydrogens (tertiary/aromatic N) is 3. The van der Waals surface area contributed by atoms with Crippen LogP contribution in [0.4, 0.5) is 10.1 Å². The lowest BCUT2D eigenvalue weighted by atomic mass is 10.3. The Morgan fingerprint density at radius 2 is 2.29 bits per heavy atom. The highest BCUT2D eigenvalue weighted by Crippen LogP contribution is 2.24. The first kappa shape index (κ1) is 18.4. The van der Waals surface area contributed by atoms with Gasteiger partial charge in [0.2, 0.25) is 5.91 Å². The third-order valence-corrected chi connectivity index (χ3v) is 4.18. The van der Waals surface area contributed by atoms with Gasteiger partial charge in [0.05, 0.1) is 22.5 Å². The third-order valence-electron chi connectivity index (χ3n) is 2.63. The highest BCUT2D eigenvalue weighted by atomic mass is 79.9. The van der Waals surface area contributed by atoms with Crippen LogP contribution >= 0.6 is 27.7 Å². The number of nitrogens with one attached hydrogen (secondary N) is 1. The van der Waals surface area contributed by atoms with Gasteiger partial charge in [-0.25, -0.2) is 14.0 Å². The predicted octanol–water partition coefficient (Wildman–Crippen LogP) is 1.21. The predicted molar refractivity (Wildman–Crippen MR) is 89.6 cm³/mol. The molecular formula is C13H13BrFN5O3S. The fourth-order valence-corrected chi connectivity index (χ4v) is 2.66. The van der Waals surface area contributed by atoms with Crippen molar-refractivity contribution in [1.29, 1.82) is 0 Å². The van der Waals surface area contributed by atoms with Crippen molar-refractivity contribution >= 4 is 45.1 Å². The van der Waals surface area contributed by atoms with E-state index in [0.717, 1.165) is 11.8 Å². The van der Waals surface area contributed by atoms with Gasteiger partial charge in [0.15, 0.2) is 16.6 Å². The van der Waals surface area contributed by atoms with E-state index < -0.39 is 5.82 Å². The average molecular weight is 418 g/mol. The van der Waals surface area contributed by atoms with Crippen LogP contribution in [0.15, 0.2) is 37.3 Å². The zero-order chi connectivity index (χ0) is 17.5. The number of amides is 1. The first-order valence-electron chi connectivity index (χ1n) is 6.63. The van der Waals surface area contributed by atoms with E-state index in [0.29, 0.717) is 10.7 Å². The van der Waals surface area contributed by atoms with Crippen molar-refractivity contribution in [2.45, 2.75) is 5.03 Å². The number of amidine groups is 1. The van der Waals surface area contributed by atoms with Crippen LogP contribution in [0.1, 0.15) is 5.69 Å². The van der Waals surface area contributed by atoms with Crippen LogP contribution in [0.25, 0.3) is 0 Å². The Morgan fingerprint density at radius 3 is 3.00 bits per heavy atom. The van der Waals surface area contributed by atoms with Gasteiger partial charge in [0.1, 0.15) is 5.82 Å². The van der Waals surface area contributed by atoms with Crippen LogP contribution in [0.5, 0.6) is 0 Å². The van der Waals surface area contributed by atoms with Crippen LogP contribution < -0.4 is 11.1 Å². The molecule has 1 aromatic heterocycles. The molecule has 1 amide bonds. The molecule has 0 unspecified atom stereocenters. The minimum absolute atomic E-state index is 0.0213. The maximum Gasteiger partial charge on any atom is 0.230 e. The molecule has 0 radical (unpaired) electrons. The van der Waals surface area contributed by atoms with E-state index in [1.54, 1.807) is 0 Å². The molecule has 0 saturated heterocycles. The molecule has 1 heterocycles. The summed E-state index contributed by atoms with van der Waals surface area (Å²) < 4.78 is 18.1. The summed E-state index contributed by atoms with van der Waals surface area (Å²) in [5.41, 5.74) is 6.49. The number of carbonyl (C=O) groups excluding carboxylic acids is 1. The topological polar surface area (TPSA) is 127 Å². The van der Waals surface area contributed by atoms with E-state index in [9.17, 15) is 9.18 Å². The number of aliphatic imine (C=N–C) groups is 1. The summed E-state index contributed by atoms with van der Waals surface area (Å²) in [6, 6.07) is 4.17. The molecule has 2 rings (SSSR count). The number of halogens is 2. The second kappa shape index (κ2) is 8.76. The van der Waals surface area contributed by atoms with Crippen molar-refractivity contribution in [1.82, 2.24) is 15.6 Å². The standard InChI is InChI=1S/C13H13BrFN5O3S/c14-8-5-7(1-2-9(8)15)18-12(16)11-13(20-23-19-11)24-6-10(22)17-3-4-21/h1-2,5,21H,3-4,6H2,(H2,16,18)(H,17,22). The maximum absolute atomic E-state index is 13.2. The largest absolute Gasteiger partial charge is 0.395 e. The molecule has 0 aliphatic carbocycles. The Balaban J connectivity index is 2.09. The Kier molecular flexibility index (Phi) is 6.70. The van der Waals surface area contributed by atoms with E-state index in [1.807, 2.05) is 0 Å². The molecule has 24 heavy (non-hydrogen) atoms. The first-order chi connectivity index (χ1) is 11.5. The Bertz CT molecular complexity index is 755. The molecule has 2 aromatic rings.